The van der Waals surface area contributed by atoms with Gasteiger partial charge in [-0.2, -0.15) is 8.42 Å². The fourth-order valence-electron chi connectivity index (χ4n) is 0.983. The molecule has 0 saturated carbocycles. The summed E-state index contributed by atoms with van der Waals surface area (Å²) in [4.78, 5) is 11.1. The van der Waals surface area contributed by atoms with Crippen molar-refractivity contribution in [2.75, 3.05) is 5.94 Å². The third-order valence-corrected chi connectivity index (χ3v) is 2.10. The number of aliphatic hydroxyl groups is 1. The van der Waals surface area contributed by atoms with Crippen molar-refractivity contribution < 1.29 is 27.6 Å². The van der Waals surface area contributed by atoms with Gasteiger partial charge in [-0.1, -0.05) is 30.3 Å². The molecule has 0 aliphatic carbocycles. The van der Waals surface area contributed by atoms with Gasteiger partial charge >= 0.3 is 16.1 Å². The van der Waals surface area contributed by atoms with Gasteiger partial charge in [-0.3, -0.25) is 4.55 Å². The first-order valence-corrected chi connectivity index (χ1v) is 5.86. The molecule has 0 amide bonds. The number of rotatable bonds is 4. The van der Waals surface area contributed by atoms with E-state index in [1.807, 2.05) is 0 Å². The van der Waals surface area contributed by atoms with E-state index in [4.69, 9.17) is 4.55 Å². The molecular weight excluding hydrogens is 236 g/mol. The molecule has 0 fully saturated rings. The van der Waals surface area contributed by atoms with Gasteiger partial charge in [0.15, 0.2) is 6.10 Å². The van der Waals surface area contributed by atoms with Gasteiger partial charge in [0.1, 0.15) is 0 Å². The highest BCUT2D eigenvalue weighted by molar-refractivity contribution is 7.85. The Morgan fingerprint density at radius 2 is 1.88 bits per heavy atom. The van der Waals surface area contributed by atoms with Crippen LogP contribution in [0, 0.1) is 0 Å². The minimum absolute atomic E-state index is 0.280. The van der Waals surface area contributed by atoms with Crippen LogP contribution >= 0.6 is 0 Å². The van der Waals surface area contributed by atoms with Crippen LogP contribution in [-0.4, -0.2) is 30.0 Å². The molecule has 88 valence electrons. The maximum atomic E-state index is 11.1. The second kappa shape index (κ2) is 5.06. The van der Waals surface area contributed by atoms with Crippen molar-refractivity contribution in [2.45, 2.75) is 6.10 Å². The number of benzene rings is 1. The highest BCUT2D eigenvalue weighted by atomic mass is 32.2. The average Bonchev–Trinajstić information content (AvgIpc) is 2.25. The summed E-state index contributed by atoms with van der Waals surface area (Å²) in [7, 11) is -4.39. The van der Waals surface area contributed by atoms with Gasteiger partial charge in [-0.15, -0.1) is 0 Å². The molecule has 1 aromatic carbocycles. The van der Waals surface area contributed by atoms with Gasteiger partial charge < -0.3 is 9.84 Å². The summed E-state index contributed by atoms with van der Waals surface area (Å²) in [6.07, 6.45) is -1.57. The van der Waals surface area contributed by atoms with E-state index in [1.165, 1.54) is 12.1 Å². The topological polar surface area (TPSA) is 101 Å². The maximum Gasteiger partial charge on any atom is 0.340 e. The van der Waals surface area contributed by atoms with Crippen molar-refractivity contribution in [3.63, 3.8) is 0 Å². The predicted octanol–water partition coefficient (Wildman–Crippen LogP) is 0.109. The second-order valence-electron chi connectivity index (χ2n) is 2.98. The summed E-state index contributed by atoms with van der Waals surface area (Å²) >= 11 is 0. The van der Waals surface area contributed by atoms with Crippen LogP contribution in [0.25, 0.3) is 0 Å². The van der Waals surface area contributed by atoms with Gasteiger partial charge in [-0.25, -0.2) is 4.79 Å². The Balaban J connectivity index is 2.62. The number of ether oxygens (including phenoxy) is 1. The third-order valence-electron chi connectivity index (χ3n) is 1.69. The molecule has 1 aromatic rings. The Morgan fingerprint density at radius 3 is 2.38 bits per heavy atom. The van der Waals surface area contributed by atoms with Gasteiger partial charge in [0, 0.05) is 0 Å². The summed E-state index contributed by atoms with van der Waals surface area (Å²) in [5.74, 6) is -2.31. The van der Waals surface area contributed by atoms with Crippen LogP contribution in [-0.2, 0) is 19.6 Å². The molecule has 7 heteroatoms. The van der Waals surface area contributed by atoms with Crippen LogP contribution in [0.2, 0.25) is 0 Å². The van der Waals surface area contributed by atoms with E-state index in [2.05, 4.69) is 4.74 Å². The number of esters is 1. The van der Waals surface area contributed by atoms with Crippen molar-refractivity contribution in [1.82, 2.24) is 0 Å². The first-order chi connectivity index (χ1) is 7.40. The van der Waals surface area contributed by atoms with Crippen molar-refractivity contribution in [3.05, 3.63) is 35.9 Å². The molecule has 0 aliphatic rings. The van der Waals surface area contributed by atoms with E-state index in [-0.39, 0.29) is 5.56 Å². The molecule has 1 atom stereocenters. The van der Waals surface area contributed by atoms with Crippen LogP contribution < -0.4 is 0 Å². The second-order valence-corrected chi connectivity index (χ2v) is 4.38. The van der Waals surface area contributed by atoms with Crippen LogP contribution in [0.3, 0.4) is 0 Å². The zero-order valence-corrected chi connectivity index (χ0v) is 8.92. The largest absolute Gasteiger partial charge is 0.444 e. The monoisotopic (exact) mass is 246 g/mol. The number of hydrogen-bond acceptors (Lipinski definition) is 5. The van der Waals surface area contributed by atoms with Gasteiger partial charge in [-0.05, 0) is 5.56 Å². The molecule has 0 saturated heterocycles. The van der Waals surface area contributed by atoms with Crippen LogP contribution in [0.5, 0.6) is 0 Å². The van der Waals surface area contributed by atoms with Crippen molar-refractivity contribution in [3.8, 4) is 0 Å². The molecular formula is C9H10O6S. The van der Waals surface area contributed by atoms with Crippen molar-refractivity contribution in [2.24, 2.45) is 0 Å². The first-order valence-electron chi connectivity index (χ1n) is 4.25. The zero-order chi connectivity index (χ0) is 12.2. The van der Waals surface area contributed by atoms with Crippen LogP contribution in [0.4, 0.5) is 0 Å². The number of carbonyl (C=O) groups is 1. The Kier molecular flexibility index (Phi) is 3.99. The Hall–Kier alpha value is -1.44. The molecule has 0 radical (unpaired) electrons. The van der Waals surface area contributed by atoms with Gasteiger partial charge in [0.25, 0.3) is 0 Å². The molecule has 16 heavy (non-hydrogen) atoms. The van der Waals surface area contributed by atoms with E-state index < -0.39 is 28.1 Å². The summed E-state index contributed by atoms with van der Waals surface area (Å²) in [5, 5.41) is 9.43. The van der Waals surface area contributed by atoms with Gasteiger partial charge in [0.2, 0.25) is 5.94 Å². The lowest BCUT2D eigenvalue weighted by molar-refractivity contribution is -0.151. The molecule has 0 aromatic heterocycles. The fraction of sp³-hybridized carbons (Fsp3) is 0.222. The van der Waals surface area contributed by atoms with E-state index >= 15 is 0 Å². The molecule has 6 nitrogen and oxygen atoms in total. The Bertz CT molecular complexity index is 452. The predicted molar refractivity (Wildman–Crippen MR) is 53.9 cm³/mol. The number of aliphatic hydroxyl groups excluding tert-OH is 1. The summed E-state index contributed by atoms with van der Waals surface area (Å²) in [6, 6.07) is 7.88. The average molecular weight is 246 g/mol. The van der Waals surface area contributed by atoms with Gasteiger partial charge in [0.05, 0.1) is 0 Å². The minimum Gasteiger partial charge on any atom is -0.444 e. The van der Waals surface area contributed by atoms with E-state index in [1.54, 1.807) is 18.2 Å². The zero-order valence-electron chi connectivity index (χ0n) is 8.11. The molecule has 0 unspecified atom stereocenters. The molecule has 0 spiro atoms. The molecule has 0 aliphatic heterocycles. The van der Waals surface area contributed by atoms with Crippen molar-refractivity contribution >= 4 is 16.1 Å². The van der Waals surface area contributed by atoms with Crippen LogP contribution in [0.15, 0.2) is 30.3 Å². The minimum atomic E-state index is -4.39. The highest BCUT2D eigenvalue weighted by Crippen LogP contribution is 2.13. The van der Waals surface area contributed by atoms with E-state index in [0.717, 1.165) is 0 Å². The Morgan fingerprint density at radius 1 is 1.31 bits per heavy atom. The number of hydrogen-bond donors (Lipinski definition) is 2. The van der Waals surface area contributed by atoms with E-state index in [9.17, 15) is 18.3 Å². The summed E-state index contributed by atoms with van der Waals surface area (Å²) in [6.45, 7) is 0. The Labute approximate surface area is 92.2 Å². The fourth-order valence-corrected chi connectivity index (χ4v) is 1.25. The quantitative estimate of drug-likeness (QED) is 0.577. The van der Waals surface area contributed by atoms with Crippen LogP contribution in [0.1, 0.15) is 11.7 Å². The smallest absolute Gasteiger partial charge is 0.340 e. The molecule has 0 bridgehead atoms. The molecule has 1 rings (SSSR count). The summed E-state index contributed by atoms with van der Waals surface area (Å²) < 4.78 is 33.1. The van der Waals surface area contributed by atoms with E-state index in [0.29, 0.717) is 0 Å². The summed E-state index contributed by atoms with van der Waals surface area (Å²) in [5.41, 5.74) is 0.280. The standard InChI is InChI=1S/C9H10O6S/c10-8(7-4-2-1-3-5-7)9(11)15-6-16(12,13)14/h1-5,8,10H,6H2,(H,12,13,14)/t8-/m1/s1. The molecule has 0 heterocycles. The first kappa shape index (κ1) is 12.6. The lowest BCUT2D eigenvalue weighted by atomic mass is 10.1. The number of carbonyl (C=O) groups excluding carboxylic acids is 1. The third kappa shape index (κ3) is 3.97. The van der Waals surface area contributed by atoms with Crippen molar-refractivity contribution in [1.29, 1.82) is 0 Å². The lowest BCUT2D eigenvalue weighted by Gasteiger charge is -2.09. The molecule has 2 N–H and O–H groups in total. The maximum absolute atomic E-state index is 11.1. The SMILES string of the molecule is O=C(OCS(=O)(=O)O)[C@H](O)c1ccccc1. The normalized spacial score (nSPS) is 13.1. The lowest BCUT2D eigenvalue weighted by Crippen LogP contribution is -2.19. The highest BCUT2D eigenvalue weighted by Gasteiger charge is 2.20.